The number of nitrogens with zero attached hydrogens (tertiary/aromatic N) is 1. The number of nitrogens with one attached hydrogen (secondary N) is 1. The van der Waals surface area contributed by atoms with Crippen LogP contribution in [0.3, 0.4) is 0 Å². The fourth-order valence-electron chi connectivity index (χ4n) is 0.847. The Morgan fingerprint density at radius 2 is 2.25 bits per heavy atom. The van der Waals surface area contributed by atoms with Crippen molar-refractivity contribution in [3.05, 3.63) is 35.2 Å². The molecule has 1 radical (unpaired) electrons. The molecule has 0 aliphatic carbocycles. The molecule has 0 saturated heterocycles. The smallest absolute Gasteiger partial charge is 0.00178 e. The molecule has 1 heterocycles. The van der Waals surface area contributed by atoms with Crippen molar-refractivity contribution in [2.45, 2.75) is 6.92 Å². The van der Waals surface area contributed by atoms with Gasteiger partial charge in [0.2, 0.25) is 0 Å². The summed E-state index contributed by atoms with van der Waals surface area (Å²) in [6.07, 6.45) is 4.86. The predicted octanol–water partition coefficient (Wildman–Crippen LogP) is 1.78. The topological polar surface area (TPSA) is 15.3 Å². The van der Waals surface area contributed by atoms with Crippen molar-refractivity contribution in [1.82, 2.24) is 10.4 Å². The molecule has 0 amide bonds. The molecule has 0 aromatic heterocycles. The molecule has 2 nitrogen and oxygen atoms in total. The molecular weight excluding hydrogens is 248 g/mol. The van der Waals surface area contributed by atoms with Gasteiger partial charge in [0.05, 0.1) is 0 Å². The first-order chi connectivity index (χ1) is 5.15. The van der Waals surface area contributed by atoms with Crippen LogP contribution in [0.5, 0.6) is 0 Å². The Morgan fingerprint density at radius 1 is 1.67 bits per heavy atom. The normalized spacial score (nSPS) is 16.6. The van der Waals surface area contributed by atoms with E-state index in [4.69, 9.17) is 11.6 Å². The van der Waals surface area contributed by atoms with E-state index < -0.39 is 0 Å². The molecule has 4 heteroatoms. The zero-order valence-electron chi connectivity index (χ0n) is 7.19. The summed E-state index contributed by atoms with van der Waals surface area (Å²) in [5.74, 6) is 0. The molecule has 0 atom stereocenters. The number of rotatable bonds is 1. The van der Waals surface area contributed by atoms with Gasteiger partial charge in [0.25, 0.3) is 0 Å². The molecule has 0 aromatic carbocycles. The summed E-state index contributed by atoms with van der Waals surface area (Å²) in [6, 6.07) is 0. The summed E-state index contributed by atoms with van der Waals surface area (Å²) in [5, 5.41) is 2.31. The van der Waals surface area contributed by atoms with Gasteiger partial charge in [-0.05, 0) is 10.7 Å². The average molecular weight is 259 g/mol. The standard InChI is InChI=1S/C8H10ClN2.Y/c1-6-4-8(9)7(2)11(5-6)10-3;/h4,10H,2H2,1,3H3;/q-1;. The molecule has 0 bridgehead atoms. The van der Waals surface area contributed by atoms with Gasteiger partial charge in [-0.15, -0.1) is 29.8 Å². The Morgan fingerprint density at radius 3 is 2.75 bits per heavy atom. The predicted molar refractivity (Wildman–Crippen MR) is 46.4 cm³/mol. The molecule has 0 saturated carbocycles. The summed E-state index contributed by atoms with van der Waals surface area (Å²) in [7, 11) is 1.79. The second-order valence-electron chi connectivity index (χ2n) is 2.29. The van der Waals surface area contributed by atoms with Crippen molar-refractivity contribution in [3.63, 3.8) is 0 Å². The minimum atomic E-state index is 0. The minimum absolute atomic E-state index is 0. The maximum Gasteiger partial charge on any atom is 0.00178 e. The maximum atomic E-state index is 5.85. The summed E-state index contributed by atoms with van der Waals surface area (Å²) in [6.45, 7) is 5.70. The Labute approximate surface area is 103 Å². The zero-order valence-corrected chi connectivity index (χ0v) is 10.8. The molecule has 0 fully saturated rings. The van der Waals surface area contributed by atoms with Crippen LogP contribution in [0.1, 0.15) is 6.92 Å². The first-order valence-corrected chi connectivity index (χ1v) is 3.67. The first kappa shape index (κ1) is 12.4. The SMILES string of the molecule is C=C1C(Cl)=CC(C)=[C-]N1NC.[Y]. The average Bonchev–Trinajstić information content (AvgIpc) is 1.96. The van der Waals surface area contributed by atoms with E-state index in [1.807, 2.05) is 13.0 Å². The van der Waals surface area contributed by atoms with Crippen LogP contribution in [-0.4, -0.2) is 12.1 Å². The number of hydrazine groups is 1. The fourth-order valence-corrected chi connectivity index (χ4v) is 1.10. The van der Waals surface area contributed by atoms with E-state index >= 15 is 0 Å². The van der Waals surface area contributed by atoms with E-state index in [1.54, 1.807) is 12.1 Å². The van der Waals surface area contributed by atoms with Gasteiger partial charge in [-0.2, -0.15) is 0 Å². The van der Waals surface area contributed by atoms with Crippen molar-refractivity contribution in [3.8, 4) is 0 Å². The van der Waals surface area contributed by atoms with Crippen molar-refractivity contribution >= 4 is 11.6 Å². The van der Waals surface area contributed by atoms with Crippen molar-refractivity contribution < 1.29 is 32.7 Å². The zero-order chi connectivity index (χ0) is 8.43. The number of hydrogen-bond donors (Lipinski definition) is 1. The van der Waals surface area contributed by atoms with Crippen LogP contribution in [-0.2, 0) is 32.7 Å². The van der Waals surface area contributed by atoms with Gasteiger partial charge in [-0.3, -0.25) is 5.43 Å². The van der Waals surface area contributed by atoms with E-state index in [1.165, 1.54) is 0 Å². The summed E-state index contributed by atoms with van der Waals surface area (Å²) >= 11 is 5.85. The second kappa shape index (κ2) is 5.18. The summed E-state index contributed by atoms with van der Waals surface area (Å²) < 4.78 is 0. The van der Waals surface area contributed by atoms with E-state index in [9.17, 15) is 0 Å². The quantitative estimate of drug-likeness (QED) is 0.721. The van der Waals surface area contributed by atoms with Crippen molar-refractivity contribution in [1.29, 1.82) is 0 Å². The molecule has 1 aliphatic heterocycles. The molecule has 12 heavy (non-hydrogen) atoms. The molecule has 0 aromatic rings. The first-order valence-electron chi connectivity index (χ1n) is 3.29. The van der Waals surface area contributed by atoms with Crippen LogP contribution in [0.4, 0.5) is 0 Å². The van der Waals surface area contributed by atoms with Gasteiger partial charge in [0, 0.05) is 39.8 Å². The molecule has 1 rings (SSSR count). The summed E-state index contributed by atoms with van der Waals surface area (Å²) in [5.41, 5.74) is 4.60. The third kappa shape index (κ3) is 2.70. The molecular formula is C8H10ClN2Y-. The van der Waals surface area contributed by atoms with E-state index in [2.05, 4.69) is 18.2 Å². The molecule has 63 valence electrons. The van der Waals surface area contributed by atoms with E-state index in [-0.39, 0.29) is 32.7 Å². The third-order valence-electron chi connectivity index (χ3n) is 1.40. The molecule has 1 N–H and O–H groups in total. The van der Waals surface area contributed by atoms with Crippen molar-refractivity contribution in [2.24, 2.45) is 0 Å². The van der Waals surface area contributed by atoms with Gasteiger partial charge < -0.3 is 5.01 Å². The Hall–Kier alpha value is 0.374. The van der Waals surface area contributed by atoms with Gasteiger partial charge in [-0.1, -0.05) is 13.1 Å². The molecule has 0 spiro atoms. The number of hydrogen-bond acceptors (Lipinski definition) is 2. The van der Waals surface area contributed by atoms with Gasteiger partial charge in [-0.25, -0.2) is 0 Å². The number of allylic oxidation sites excluding steroid dienone is 3. The van der Waals surface area contributed by atoms with Crippen LogP contribution < -0.4 is 5.43 Å². The van der Waals surface area contributed by atoms with Crippen LogP contribution in [0.2, 0.25) is 0 Å². The van der Waals surface area contributed by atoms with Gasteiger partial charge >= 0.3 is 0 Å². The maximum absolute atomic E-state index is 5.85. The largest absolute Gasteiger partial charge is 0.391 e. The Balaban J connectivity index is 0.00000121. The van der Waals surface area contributed by atoms with E-state index in [0.29, 0.717) is 5.03 Å². The summed E-state index contributed by atoms with van der Waals surface area (Å²) in [4.78, 5) is 0. The molecule has 1 aliphatic rings. The van der Waals surface area contributed by atoms with Crippen LogP contribution in [0.25, 0.3) is 0 Å². The van der Waals surface area contributed by atoms with Crippen LogP contribution >= 0.6 is 11.6 Å². The van der Waals surface area contributed by atoms with Gasteiger partial charge in [0.1, 0.15) is 0 Å². The Kier molecular flexibility index (Phi) is 5.34. The Bertz CT molecular complexity index is 245. The number of halogens is 1. The van der Waals surface area contributed by atoms with Crippen molar-refractivity contribution in [2.75, 3.05) is 7.05 Å². The van der Waals surface area contributed by atoms with E-state index in [0.717, 1.165) is 11.3 Å². The van der Waals surface area contributed by atoms with Crippen LogP contribution in [0, 0.1) is 6.20 Å². The van der Waals surface area contributed by atoms with Gasteiger partial charge in [0.15, 0.2) is 0 Å². The molecule has 0 unspecified atom stereocenters. The third-order valence-corrected chi connectivity index (χ3v) is 1.73. The minimum Gasteiger partial charge on any atom is -0.391 e. The monoisotopic (exact) mass is 258 g/mol. The van der Waals surface area contributed by atoms with Crippen LogP contribution in [0.15, 0.2) is 29.0 Å². The second-order valence-corrected chi connectivity index (χ2v) is 2.70. The fraction of sp³-hybridized carbons (Fsp3) is 0.250.